The summed E-state index contributed by atoms with van der Waals surface area (Å²) in [6.07, 6.45) is 3.98. The maximum Gasteiger partial charge on any atom is 0.00602 e. The molecule has 0 aromatic carbocycles. The number of hydrogen-bond acceptors (Lipinski definition) is 0. The van der Waals surface area contributed by atoms with Crippen LogP contribution in [0.1, 0.15) is 53.4 Å². The Morgan fingerprint density at radius 1 is 0.500 bits per heavy atom. The van der Waals surface area contributed by atoms with Crippen LogP contribution in [0, 0.1) is 23.7 Å². The van der Waals surface area contributed by atoms with Crippen LogP contribution in [0.2, 0.25) is 0 Å². The van der Waals surface area contributed by atoms with Crippen molar-refractivity contribution < 1.29 is 0 Å². The zero-order chi connectivity index (χ0) is 9.66. The van der Waals surface area contributed by atoms with Crippen molar-refractivity contribution in [2.75, 3.05) is 0 Å². The van der Waals surface area contributed by atoms with Crippen LogP contribution in [0.5, 0.6) is 0 Å². The second-order valence-corrected chi connectivity index (χ2v) is 2.12. The first-order chi connectivity index (χ1) is 5.83. The van der Waals surface area contributed by atoms with Crippen molar-refractivity contribution in [3.8, 4) is 23.7 Å². The monoisotopic (exact) mass is 164 g/mol. The molecular formula is C12H20. The maximum absolute atomic E-state index is 2.95. The first kappa shape index (κ1) is 13.7. The van der Waals surface area contributed by atoms with E-state index in [0.717, 1.165) is 25.7 Å². The standard InChI is InChI=1S/2C6H10/c2*1-3-5-6-4-2/h2*3-4H2,1-2H3. The van der Waals surface area contributed by atoms with E-state index in [0.29, 0.717) is 0 Å². The fourth-order valence-electron chi connectivity index (χ4n) is 0.500. The highest BCUT2D eigenvalue weighted by Crippen LogP contribution is 1.70. The fraction of sp³-hybridized carbons (Fsp3) is 0.667. The average molecular weight is 164 g/mol. The number of rotatable bonds is 0. The van der Waals surface area contributed by atoms with E-state index in [1.807, 2.05) is 0 Å². The summed E-state index contributed by atoms with van der Waals surface area (Å²) in [7, 11) is 0. The molecule has 0 N–H and O–H groups in total. The molecule has 0 nitrogen and oxygen atoms in total. The summed E-state index contributed by atoms with van der Waals surface area (Å²) in [5.41, 5.74) is 0. The largest absolute Gasteiger partial charge is 0.104 e. The Morgan fingerprint density at radius 2 is 0.667 bits per heavy atom. The van der Waals surface area contributed by atoms with Gasteiger partial charge < -0.3 is 0 Å². The second kappa shape index (κ2) is 16.6. The lowest BCUT2D eigenvalue weighted by molar-refractivity contribution is 1.23. The van der Waals surface area contributed by atoms with E-state index >= 15 is 0 Å². The zero-order valence-corrected chi connectivity index (χ0v) is 8.83. The molecule has 0 aliphatic rings. The summed E-state index contributed by atoms with van der Waals surface area (Å²) in [4.78, 5) is 0. The third-order valence-corrected chi connectivity index (χ3v) is 0.957. The third-order valence-electron chi connectivity index (χ3n) is 0.957. The molecule has 0 saturated heterocycles. The third kappa shape index (κ3) is 22.9. The van der Waals surface area contributed by atoms with Crippen molar-refractivity contribution >= 4 is 0 Å². The van der Waals surface area contributed by atoms with E-state index in [-0.39, 0.29) is 0 Å². The molecule has 0 spiro atoms. The number of hydrogen-bond donors (Lipinski definition) is 0. The van der Waals surface area contributed by atoms with E-state index in [4.69, 9.17) is 0 Å². The summed E-state index contributed by atoms with van der Waals surface area (Å²) < 4.78 is 0. The van der Waals surface area contributed by atoms with Crippen LogP contribution < -0.4 is 0 Å². The van der Waals surface area contributed by atoms with Crippen molar-refractivity contribution in [2.45, 2.75) is 53.4 Å². The molecule has 0 aliphatic heterocycles. The van der Waals surface area contributed by atoms with Crippen molar-refractivity contribution in [1.29, 1.82) is 0 Å². The molecule has 0 rings (SSSR count). The van der Waals surface area contributed by atoms with Gasteiger partial charge in [-0.1, -0.05) is 27.7 Å². The smallest absolute Gasteiger partial charge is 0.00602 e. The van der Waals surface area contributed by atoms with Crippen LogP contribution in [0.15, 0.2) is 0 Å². The van der Waals surface area contributed by atoms with Gasteiger partial charge in [0.1, 0.15) is 0 Å². The minimum Gasteiger partial charge on any atom is -0.104 e. The van der Waals surface area contributed by atoms with E-state index in [1.54, 1.807) is 0 Å². The lowest BCUT2D eigenvalue weighted by Gasteiger charge is -1.65. The maximum atomic E-state index is 2.95. The molecule has 0 saturated carbocycles. The summed E-state index contributed by atoms with van der Waals surface area (Å²) in [5.74, 6) is 11.8. The molecule has 0 heterocycles. The Balaban J connectivity index is 0. The second-order valence-electron chi connectivity index (χ2n) is 2.12. The minimum absolute atomic E-state index is 0.994. The lowest BCUT2D eigenvalue weighted by atomic mass is 10.4. The molecule has 0 heteroatoms. The van der Waals surface area contributed by atoms with Crippen LogP contribution in [-0.4, -0.2) is 0 Å². The van der Waals surface area contributed by atoms with Crippen LogP contribution >= 0.6 is 0 Å². The van der Waals surface area contributed by atoms with Crippen LogP contribution in [0.4, 0.5) is 0 Å². The minimum atomic E-state index is 0.994. The molecule has 0 aromatic rings. The van der Waals surface area contributed by atoms with Crippen LogP contribution in [0.3, 0.4) is 0 Å². The van der Waals surface area contributed by atoms with Gasteiger partial charge in [-0.05, 0) is 0 Å². The topological polar surface area (TPSA) is 0 Å². The molecular weight excluding hydrogens is 144 g/mol. The SMILES string of the molecule is CCC#CCC.CCC#CCC. The molecule has 0 aliphatic carbocycles. The van der Waals surface area contributed by atoms with Gasteiger partial charge in [-0.2, -0.15) is 0 Å². The molecule has 0 atom stereocenters. The van der Waals surface area contributed by atoms with Crippen molar-refractivity contribution in [3.63, 3.8) is 0 Å². The van der Waals surface area contributed by atoms with Gasteiger partial charge in [0.05, 0.1) is 0 Å². The Labute approximate surface area is 77.8 Å². The highest BCUT2D eigenvalue weighted by atomic mass is 13.6. The van der Waals surface area contributed by atoms with E-state index in [9.17, 15) is 0 Å². The van der Waals surface area contributed by atoms with E-state index in [1.165, 1.54) is 0 Å². The zero-order valence-electron chi connectivity index (χ0n) is 8.83. The normalized spacial score (nSPS) is 6.33. The Morgan fingerprint density at radius 3 is 0.750 bits per heavy atom. The molecule has 0 aromatic heterocycles. The van der Waals surface area contributed by atoms with Crippen molar-refractivity contribution in [1.82, 2.24) is 0 Å². The Bertz CT molecular complexity index is 130. The Kier molecular flexibility index (Phi) is 18.9. The quantitative estimate of drug-likeness (QED) is 0.480. The van der Waals surface area contributed by atoms with Gasteiger partial charge >= 0.3 is 0 Å². The molecule has 0 unspecified atom stereocenters. The predicted octanol–water partition coefficient (Wildman–Crippen LogP) is 3.62. The molecule has 0 bridgehead atoms. The van der Waals surface area contributed by atoms with Gasteiger partial charge in [0.25, 0.3) is 0 Å². The van der Waals surface area contributed by atoms with E-state index in [2.05, 4.69) is 51.4 Å². The average Bonchev–Trinajstić information content (AvgIpc) is 2.12. The molecule has 0 amide bonds. The highest BCUT2D eigenvalue weighted by Gasteiger charge is 1.56. The van der Waals surface area contributed by atoms with Crippen molar-refractivity contribution in [2.24, 2.45) is 0 Å². The first-order valence-corrected chi connectivity index (χ1v) is 4.74. The molecule has 12 heavy (non-hydrogen) atoms. The Hall–Kier alpha value is -0.880. The fourth-order valence-corrected chi connectivity index (χ4v) is 0.500. The van der Waals surface area contributed by atoms with E-state index < -0.39 is 0 Å². The predicted molar refractivity (Wildman–Crippen MR) is 56.7 cm³/mol. The first-order valence-electron chi connectivity index (χ1n) is 4.74. The van der Waals surface area contributed by atoms with Crippen molar-refractivity contribution in [3.05, 3.63) is 0 Å². The van der Waals surface area contributed by atoms with Gasteiger partial charge in [-0.25, -0.2) is 0 Å². The van der Waals surface area contributed by atoms with Gasteiger partial charge in [0, 0.05) is 25.7 Å². The summed E-state index contributed by atoms with van der Waals surface area (Å²) in [6.45, 7) is 8.23. The van der Waals surface area contributed by atoms with Gasteiger partial charge in [0.2, 0.25) is 0 Å². The van der Waals surface area contributed by atoms with Crippen LogP contribution in [-0.2, 0) is 0 Å². The molecule has 0 fully saturated rings. The molecule has 0 radical (unpaired) electrons. The summed E-state index contributed by atoms with van der Waals surface area (Å²) >= 11 is 0. The highest BCUT2D eigenvalue weighted by molar-refractivity contribution is 4.96. The van der Waals surface area contributed by atoms with Crippen LogP contribution in [0.25, 0.3) is 0 Å². The molecule has 68 valence electrons. The van der Waals surface area contributed by atoms with Gasteiger partial charge in [-0.15, -0.1) is 23.7 Å². The van der Waals surface area contributed by atoms with Gasteiger partial charge in [0.15, 0.2) is 0 Å². The summed E-state index contributed by atoms with van der Waals surface area (Å²) in [5, 5.41) is 0. The van der Waals surface area contributed by atoms with Gasteiger partial charge in [-0.3, -0.25) is 0 Å². The summed E-state index contributed by atoms with van der Waals surface area (Å²) in [6, 6.07) is 0. The lowest BCUT2D eigenvalue weighted by Crippen LogP contribution is -1.52.